The summed E-state index contributed by atoms with van der Waals surface area (Å²) < 4.78 is 0. The highest BCUT2D eigenvalue weighted by atomic mass is 16.1. The standard InChI is InChI=1S/C20H31NO.C10H12O.2C2H6/c1-5-14(3)19-12-11-18(13-15(19)4)21-20(22)17-9-7-16(6-2)8-10-17;1-3-10-8(2)5-4-6-9(10)7-11;2*1-2/h11-14,16-17H,5-10H2,1-4H3,(H,21,22);4-7H,3H2,1-2H3;2*1-2H3. The molecule has 0 spiro atoms. The van der Waals surface area contributed by atoms with E-state index in [1.54, 1.807) is 0 Å². The zero-order valence-electron chi connectivity index (χ0n) is 25.5. The highest BCUT2D eigenvalue weighted by Gasteiger charge is 2.25. The van der Waals surface area contributed by atoms with Crippen molar-refractivity contribution in [2.24, 2.45) is 11.8 Å². The van der Waals surface area contributed by atoms with Crippen LogP contribution in [-0.2, 0) is 11.2 Å². The minimum absolute atomic E-state index is 0.206. The van der Waals surface area contributed by atoms with Crippen LogP contribution in [0, 0.1) is 25.7 Å². The first-order valence-electron chi connectivity index (χ1n) is 14.8. The molecule has 0 bridgehead atoms. The molecule has 1 atom stereocenters. The van der Waals surface area contributed by atoms with Crippen molar-refractivity contribution >= 4 is 17.9 Å². The summed E-state index contributed by atoms with van der Waals surface area (Å²) in [5.74, 6) is 1.83. The number of aldehydes is 1. The second-order valence-corrected chi connectivity index (χ2v) is 9.61. The lowest BCUT2D eigenvalue weighted by Crippen LogP contribution is -2.27. The molecule has 1 N–H and O–H groups in total. The van der Waals surface area contributed by atoms with Crippen LogP contribution < -0.4 is 5.32 Å². The summed E-state index contributed by atoms with van der Waals surface area (Å²) in [6.07, 6.45) is 8.77. The van der Waals surface area contributed by atoms with Gasteiger partial charge in [0, 0.05) is 17.2 Å². The smallest absolute Gasteiger partial charge is 0.227 e. The van der Waals surface area contributed by atoms with E-state index in [-0.39, 0.29) is 11.8 Å². The highest BCUT2D eigenvalue weighted by Crippen LogP contribution is 2.32. The number of aryl methyl sites for hydroxylation is 2. The maximum absolute atomic E-state index is 12.4. The highest BCUT2D eigenvalue weighted by molar-refractivity contribution is 5.92. The van der Waals surface area contributed by atoms with Gasteiger partial charge in [0.2, 0.25) is 5.91 Å². The average molecular weight is 510 g/mol. The van der Waals surface area contributed by atoms with Crippen molar-refractivity contribution < 1.29 is 9.59 Å². The maximum Gasteiger partial charge on any atom is 0.227 e. The molecule has 1 amide bonds. The Hall–Kier alpha value is -2.42. The van der Waals surface area contributed by atoms with Crippen molar-refractivity contribution in [1.29, 1.82) is 0 Å². The van der Waals surface area contributed by atoms with E-state index in [1.807, 2.05) is 52.8 Å². The van der Waals surface area contributed by atoms with E-state index < -0.39 is 0 Å². The zero-order valence-corrected chi connectivity index (χ0v) is 25.5. The van der Waals surface area contributed by atoms with E-state index in [9.17, 15) is 9.59 Å². The third-order valence-electron chi connectivity index (χ3n) is 7.40. The second kappa shape index (κ2) is 19.7. The van der Waals surface area contributed by atoms with Gasteiger partial charge in [0.25, 0.3) is 0 Å². The van der Waals surface area contributed by atoms with Gasteiger partial charge in [-0.25, -0.2) is 0 Å². The lowest BCUT2D eigenvalue weighted by atomic mass is 9.80. The van der Waals surface area contributed by atoms with Crippen LogP contribution in [0.3, 0.4) is 0 Å². The number of hydrogen-bond donors (Lipinski definition) is 1. The van der Waals surface area contributed by atoms with Crippen LogP contribution in [0.2, 0.25) is 0 Å². The normalized spacial score (nSPS) is 16.9. The average Bonchev–Trinajstić information content (AvgIpc) is 2.95. The van der Waals surface area contributed by atoms with Gasteiger partial charge < -0.3 is 5.32 Å². The molecule has 0 aliphatic heterocycles. The van der Waals surface area contributed by atoms with E-state index in [1.165, 1.54) is 41.5 Å². The predicted octanol–water partition coefficient (Wildman–Crippen LogP) is 10.1. The molecule has 2 aromatic carbocycles. The van der Waals surface area contributed by atoms with Gasteiger partial charge in [-0.15, -0.1) is 0 Å². The first kappa shape index (κ1) is 34.6. The molecule has 3 nitrogen and oxygen atoms in total. The van der Waals surface area contributed by atoms with Crippen molar-refractivity contribution in [3.8, 4) is 0 Å². The van der Waals surface area contributed by atoms with Crippen molar-refractivity contribution in [3.63, 3.8) is 0 Å². The van der Waals surface area contributed by atoms with Crippen molar-refractivity contribution in [2.75, 3.05) is 5.32 Å². The molecule has 1 unspecified atom stereocenters. The van der Waals surface area contributed by atoms with Crippen LogP contribution in [0.1, 0.15) is 132 Å². The maximum atomic E-state index is 12.4. The molecular formula is C34H55NO2. The number of rotatable bonds is 7. The van der Waals surface area contributed by atoms with E-state index in [0.717, 1.165) is 49.1 Å². The van der Waals surface area contributed by atoms with Gasteiger partial charge in [-0.2, -0.15) is 0 Å². The molecule has 3 rings (SSSR count). The lowest BCUT2D eigenvalue weighted by Gasteiger charge is -2.27. The lowest BCUT2D eigenvalue weighted by molar-refractivity contribution is -0.121. The Bertz CT molecular complexity index is 910. The first-order chi connectivity index (χ1) is 17.8. The fourth-order valence-corrected chi connectivity index (χ4v) is 4.92. The Kier molecular flexibility index (Phi) is 18.4. The fourth-order valence-electron chi connectivity index (χ4n) is 4.92. The Morgan fingerprint density at radius 1 is 0.946 bits per heavy atom. The fraction of sp³-hybridized carbons (Fsp3) is 0.588. The molecule has 0 saturated heterocycles. The monoisotopic (exact) mass is 509 g/mol. The number of hydrogen-bond acceptors (Lipinski definition) is 2. The molecule has 1 aliphatic carbocycles. The van der Waals surface area contributed by atoms with Gasteiger partial charge in [0.1, 0.15) is 6.29 Å². The quantitative estimate of drug-likeness (QED) is 0.377. The van der Waals surface area contributed by atoms with E-state index in [4.69, 9.17) is 0 Å². The Morgan fingerprint density at radius 3 is 2.03 bits per heavy atom. The largest absolute Gasteiger partial charge is 0.326 e. The summed E-state index contributed by atoms with van der Waals surface area (Å²) in [4.78, 5) is 23.0. The molecule has 0 radical (unpaired) electrons. The molecule has 208 valence electrons. The summed E-state index contributed by atoms with van der Waals surface area (Å²) in [6, 6.07) is 12.2. The number of benzene rings is 2. The summed E-state index contributed by atoms with van der Waals surface area (Å²) in [5.41, 5.74) is 6.82. The Balaban J connectivity index is 0.000000725. The van der Waals surface area contributed by atoms with E-state index in [0.29, 0.717) is 5.92 Å². The van der Waals surface area contributed by atoms with Crippen LogP contribution in [0.15, 0.2) is 36.4 Å². The number of carbonyl (C=O) groups is 2. The first-order valence-corrected chi connectivity index (χ1v) is 14.8. The van der Waals surface area contributed by atoms with E-state index >= 15 is 0 Å². The van der Waals surface area contributed by atoms with Crippen molar-refractivity contribution in [1.82, 2.24) is 0 Å². The van der Waals surface area contributed by atoms with Crippen LogP contribution in [0.5, 0.6) is 0 Å². The van der Waals surface area contributed by atoms with Gasteiger partial charge in [-0.1, -0.05) is 86.1 Å². The molecule has 1 saturated carbocycles. The summed E-state index contributed by atoms with van der Waals surface area (Å²) in [6.45, 7) is 21.0. The Morgan fingerprint density at radius 2 is 1.57 bits per heavy atom. The number of nitrogens with one attached hydrogen (secondary N) is 1. The minimum atomic E-state index is 0.206. The molecule has 0 heterocycles. The predicted molar refractivity (Wildman–Crippen MR) is 163 cm³/mol. The molecule has 1 aliphatic rings. The molecule has 3 heteroatoms. The number of carbonyl (C=O) groups excluding carboxylic acids is 2. The van der Waals surface area contributed by atoms with Gasteiger partial charge >= 0.3 is 0 Å². The summed E-state index contributed by atoms with van der Waals surface area (Å²) in [5, 5.41) is 3.13. The van der Waals surface area contributed by atoms with Gasteiger partial charge in [-0.3, -0.25) is 9.59 Å². The molecular weight excluding hydrogens is 454 g/mol. The second-order valence-electron chi connectivity index (χ2n) is 9.61. The van der Waals surface area contributed by atoms with Gasteiger partial charge in [-0.05, 0) is 98.6 Å². The topological polar surface area (TPSA) is 46.2 Å². The van der Waals surface area contributed by atoms with Crippen molar-refractivity contribution in [2.45, 2.75) is 120 Å². The van der Waals surface area contributed by atoms with Crippen LogP contribution >= 0.6 is 0 Å². The van der Waals surface area contributed by atoms with E-state index in [2.05, 4.69) is 58.1 Å². The SMILES string of the molecule is CC.CC.CCC1CCC(C(=O)Nc2ccc(C(C)CC)c(C)c2)CC1.CCc1c(C)cccc1C=O. The number of amides is 1. The van der Waals surface area contributed by atoms with Gasteiger partial charge in [0.05, 0.1) is 0 Å². The van der Waals surface area contributed by atoms with Crippen molar-refractivity contribution in [3.05, 3.63) is 64.2 Å². The molecule has 2 aromatic rings. The van der Waals surface area contributed by atoms with Crippen LogP contribution in [0.4, 0.5) is 5.69 Å². The van der Waals surface area contributed by atoms with Gasteiger partial charge in [0.15, 0.2) is 0 Å². The molecule has 1 fully saturated rings. The van der Waals surface area contributed by atoms with Crippen LogP contribution in [-0.4, -0.2) is 12.2 Å². The minimum Gasteiger partial charge on any atom is -0.326 e. The zero-order chi connectivity index (χ0) is 28.4. The molecule has 0 aromatic heterocycles. The third-order valence-corrected chi connectivity index (χ3v) is 7.40. The summed E-state index contributed by atoms with van der Waals surface area (Å²) in [7, 11) is 0. The third kappa shape index (κ3) is 11.2. The van der Waals surface area contributed by atoms with Crippen LogP contribution in [0.25, 0.3) is 0 Å². The molecule has 37 heavy (non-hydrogen) atoms. The summed E-state index contributed by atoms with van der Waals surface area (Å²) >= 11 is 0. The Labute approximate surface area is 228 Å². The number of anilines is 1.